The maximum Gasteiger partial charge on any atom is 0.254 e. The normalized spacial score (nSPS) is 19.2. The lowest BCUT2D eigenvalue weighted by Crippen LogP contribution is -2.49. The zero-order valence-corrected chi connectivity index (χ0v) is 13.4. The number of halogens is 1. The fraction of sp³-hybridized carbons (Fsp3) is 0.533. The lowest BCUT2D eigenvalue weighted by atomic mass is 10.1. The monoisotopic (exact) mass is 341 g/mol. The molecule has 0 spiro atoms. The van der Waals surface area contributed by atoms with Crippen molar-refractivity contribution in [3.05, 3.63) is 29.8 Å². The van der Waals surface area contributed by atoms with Gasteiger partial charge in [-0.25, -0.2) is 0 Å². The highest BCUT2D eigenvalue weighted by Gasteiger charge is 2.27. The summed E-state index contributed by atoms with van der Waals surface area (Å²) in [5, 5.41) is 0.729. The van der Waals surface area contributed by atoms with Gasteiger partial charge in [0.05, 0.1) is 25.4 Å². The molecule has 2 rings (SSSR count). The summed E-state index contributed by atoms with van der Waals surface area (Å²) in [6.07, 6.45) is 0.133. The summed E-state index contributed by atoms with van der Waals surface area (Å²) in [7, 11) is 0. The van der Waals surface area contributed by atoms with Crippen LogP contribution >= 0.6 is 15.9 Å². The molecule has 1 heterocycles. The van der Waals surface area contributed by atoms with Gasteiger partial charge in [-0.3, -0.25) is 4.79 Å². The molecule has 20 heavy (non-hydrogen) atoms. The quantitative estimate of drug-likeness (QED) is 0.790. The number of carbonyl (C=O) groups excluding carboxylic acids is 1. The van der Waals surface area contributed by atoms with Gasteiger partial charge in [0.15, 0.2) is 0 Å². The maximum atomic E-state index is 12.5. The minimum atomic E-state index is 0.0499. The Morgan fingerprint density at radius 1 is 1.45 bits per heavy atom. The Labute approximate surface area is 128 Å². The van der Waals surface area contributed by atoms with E-state index in [9.17, 15) is 4.79 Å². The van der Waals surface area contributed by atoms with E-state index in [1.807, 2.05) is 43.0 Å². The van der Waals surface area contributed by atoms with E-state index in [1.165, 1.54) is 0 Å². The van der Waals surface area contributed by atoms with E-state index in [2.05, 4.69) is 15.9 Å². The molecule has 0 N–H and O–H groups in total. The lowest BCUT2D eigenvalue weighted by molar-refractivity contribution is 0.00524. The van der Waals surface area contributed by atoms with Gasteiger partial charge >= 0.3 is 0 Å². The van der Waals surface area contributed by atoms with Gasteiger partial charge in [0, 0.05) is 17.4 Å². The van der Waals surface area contributed by atoms with Crippen LogP contribution in [-0.4, -0.2) is 48.0 Å². The summed E-state index contributed by atoms with van der Waals surface area (Å²) in [6, 6.07) is 7.43. The fourth-order valence-electron chi connectivity index (χ4n) is 2.16. The predicted octanol–water partition coefficient (Wildman–Crippen LogP) is 2.71. The first-order valence-electron chi connectivity index (χ1n) is 6.83. The van der Waals surface area contributed by atoms with Crippen LogP contribution in [0, 0.1) is 0 Å². The third kappa shape index (κ3) is 3.73. The van der Waals surface area contributed by atoms with Gasteiger partial charge in [-0.05, 0) is 38.1 Å². The molecule has 0 radical (unpaired) electrons. The van der Waals surface area contributed by atoms with E-state index >= 15 is 0 Å². The number of ether oxygens (including phenoxy) is 2. The highest BCUT2D eigenvalue weighted by Crippen LogP contribution is 2.18. The van der Waals surface area contributed by atoms with E-state index in [4.69, 9.17) is 9.47 Å². The second kappa shape index (κ2) is 7.09. The van der Waals surface area contributed by atoms with Crippen molar-refractivity contribution < 1.29 is 14.3 Å². The molecule has 1 amide bonds. The first-order valence-corrected chi connectivity index (χ1v) is 7.95. The Morgan fingerprint density at radius 3 is 2.75 bits per heavy atom. The summed E-state index contributed by atoms with van der Waals surface area (Å²) in [5.74, 6) is 0.837. The van der Waals surface area contributed by atoms with Gasteiger partial charge in [0.1, 0.15) is 5.75 Å². The Kier molecular flexibility index (Phi) is 5.43. The van der Waals surface area contributed by atoms with Crippen LogP contribution in [-0.2, 0) is 4.74 Å². The smallest absolute Gasteiger partial charge is 0.254 e. The Bertz CT molecular complexity index is 447. The molecule has 1 aliphatic rings. The first kappa shape index (κ1) is 15.3. The number of benzene rings is 1. The molecule has 5 heteroatoms. The van der Waals surface area contributed by atoms with Gasteiger partial charge in [-0.2, -0.15) is 0 Å². The minimum absolute atomic E-state index is 0.0499. The highest BCUT2D eigenvalue weighted by atomic mass is 79.9. The molecule has 4 nitrogen and oxygen atoms in total. The van der Waals surface area contributed by atoms with Gasteiger partial charge < -0.3 is 14.4 Å². The van der Waals surface area contributed by atoms with E-state index in [0.717, 1.165) is 11.1 Å². The third-order valence-corrected chi connectivity index (χ3v) is 3.89. The average Bonchev–Trinajstić information content (AvgIpc) is 2.46. The minimum Gasteiger partial charge on any atom is -0.491 e. The third-order valence-electron chi connectivity index (χ3n) is 3.14. The summed E-state index contributed by atoms with van der Waals surface area (Å²) in [5.41, 5.74) is 0.689. The van der Waals surface area contributed by atoms with Crippen LogP contribution in [0.4, 0.5) is 0 Å². The zero-order chi connectivity index (χ0) is 14.5. The molecule has 1 atom stereocenters. The Balaban J connectivity index is 2.08. The van der Waals surface area contributed by atoms with Crippen molar-refractivity contribution in [2.24, 2.45) is 0 Å². The maximum absolute atomic E-state index is 12.5. The van der Waals surface area contributed by atoms with Gasteiger partial charge in [-0.15, -0.1) is 0 Å². The van der Waals surface area contributed by atoms with Gasteiger partial charge in [0.25, 0.3) is 5.91 Å². The molecule has 0 aromatic heterocycles. The van der Waals surface area contributed by atoms with Crippen LogP contribution in [0.15, 0.2) is 24.3 Å². The van der Waals surface area contributed by atoms with Crippen molar-refractivity contribution in [1.82, 2.24) is 4.90 Å². The highest BCUT2D eigenvalue weighted by molar-refractivity contribution is 9.09. The van der Waals surface area contributed by atoms with E-state index in [0.29, 0.717) is 25.3 Å². The molecular formula is C15H20BrNO3. The fourth-order valence-corrected chi connectivity index (χ4v) is 2.70. The van der Waals surface area contributed by atoms with E-state index in [1.54, 1.807) is 0 Å². The van der Waals surface area contributed by atoms with Crippen LogP contribution in [0.3, 0.4) is 0 Å². The molecule has 1 aromatic carbocycles. The lowest BCUT2D eigenvalue weighted by Gasteiger charge is -2.34. The van der Waals surface area contributed by atoms with Gasteiger partial charge in [0.2, 0.25) is 0 Å². The first-order chi connectivity index (χ1) is 9.61. The molecule has 0 bridgehead atoms. The summed E-state index contributed by atoms with van der Waals surface area (Å²) >= 11 is 3.44. The number of morpholine rings is 1. The van der Waals surface area contributed by atoms with Crippen molar-refractivity contribution in [1.29, 1.82) is 0 Å². The van der Waals surface area contributed by atoms with Crippen LogP contribution in [0.1, 0.15) is 24.2 Å². The molecule has 0 saturated carbocycles. The second-order valence-electron chi connectivity index (χ2n) is 5.07. The van der Waals surface area contributed by atoms with Crippen molar-refractivity contribution in [2.45, 2.75) is 26.0 Å². The molecule has 110 valence electrons. The van der Waals surface area contributed by atoms with E-state index in [-0.39, 0.29) is 18.1 Å². The van der Waals surface area contributed by atoms with Crippen molar-refractivity contribution in [2.75, 3.05) is 25.1 Å². The number of hydrogen-bond donors (Lipinski definition) is 0. The van der Waals surface area contributed by atoms with Crippen LogP contribution in [0.5, 0.6) is 5.75 Å². The molecule has 1 aromatic rings. The van der Waals surface area contributed by atoms with Gasteiger partial charge in [-0.1, -0.05) is 15.9 Å². The van der Waals surface area contributed by atoms with Crippen LogP contribution < -0.4 is 4.74 Å². The SMILES string of the molecule is CC(C)Oc1ccc(C(=O)N2CCOCC2CBr)cc1. The molecule has 1 fully saturated rings. The number of alkyl halides is 1. The topological polar surface area (TPSA) is 38.8 Å². The summed E-state index contributed by atoms with van der Waals surface area (Å²) in [6.45, 7) is 5.79. The standard InChI is InChI=1S/C15H20BrNO3/c1-11(2)20-14-5-3-12(4-6-14)15(18)17-7-8-19-10-13(17)9-16/h3-6,11,13H,7-10H2,1-2H3. The van der Waals surface area contributed by atoms with Crippen molar-refractivity contribution in [3.8, 4) is 5.75 Å². The molecule has 0 aliphatic carbocycles. The van der Waals surface area contributed by atoms with E-state index < -0.39 is 0 Å². The molecular weight excluding hydrogens is 322 g/mol. The number of hydrogen-bond acceptors (Lipinski definition) is 3. The number of rotatable bonds is 4. The number of amides is 1. The van der Waals surface area contributed by atoms with Crippen LogP contribution in [0.2, 0.25) is 0 Å². The number of nitrogens with zero attached hydrogens (tertiary/aromatic N) is 1. The Hall–Kier alpha value is -1.07. The molecule has 1 saturated heterocycles. The van der Waals surface area contributed by atoms with Crippen LogP contribution in [0.25, 0.3) is 0 Å². The van der Waals surface area contributed by atoms with Crippen molar-refractivity contribution in [3.63, 3.8) is 0 Å². The van der Waals surface area contributed by atoms with Crippen molar-refractivity contribution >= 4 is 21.8 Å². The second-order valence-corrected chi connectivity index (χ2v) is 5.72. The number of carbonyl (C=O) groups is 1. The predicted molar refractivity (Wildman–Crippen MR) is 81.6 cm³/mol. The largest absolute Gasteiger partial charge is 0.491 e. The summed E-state index contributed by atoms with van der Waals surface area (Å²) < 4.78 is 11.0. The summed E-state index contributed by atoms with van der Waals surface area (Å²) in [4.78, 5) is 14.4. The molecule has 1 unspecified atom stereocenters. The Morgan fingerprint density at radius 2 is 2.15 bits per heavy atom. The average molecular weight is 342 g/mol. The zero-order valence-electron chi connectivity index (χ0n) is 11.8. The molecule has 1 aliphatic heterocycles.